The van der Waals surface area contributed by atoms with Crippen molar-refractivity contribution in [3.05, 3.63) is 80.2 Å². The van der Waals surface area contributed by atoms with E-state index in [9.17, 15) is 25.0 Å². The summed E-state index contributed by atoms with van der Waals surface area (Å²) < 4.78 is 0. The maximum Gasteiger partial charge on any atom is 0.269 e. The summed E-state index contributed by atoms with van der Waals surface area (Å²) in [5.74, 6) is -0.00243. The summed E-state index contributed by atoms with van der Waals surface area (Å²) in [5.41, 5.74) is 2.64. The second kappa shape index (κ2) is 12.2. The highest BCUT2D eigenvalue weighted by Crippen LogP contribution is 2.44. The lowest BCUT2D eigenvalue weighted by Crippen LogP contribution is -2.26. The number of rotatable bonds is 8. The number of benzene rings is 2. The molecule has 0 aliphatic heterocycles. The molecule has 10 heteroatoms. The first-order valence-electron chi connectivity index (χ1n) is 13.2. The highest BCUT2D eigenvalue weighted by atomic mass is 32.2. The van der Waals surface area contributed by atoms with Gasteiger partial charge in [0.25, 0.3) is 11.6 Å². The fraction of sp³-hybridized carbons (Fsp3) is 0.367. The van der Waals surface area contributed by atoms with Gasteiger partial charge < -0.3 is 10.6 Å². The zero-order valence-corrected chi connectivity index (χ0v) is 24.6. The highest BCUT2D eigenvalue weighted by Gasteiger charge is 2.33. The van der Waals surface area contributed by atoms with Crippen molar-refractivity contribution in [3.63, 3.8) is 0 Å². The van der Waals surface area contributed by atoms with Crippen molar-refractivity contribution >= 4 is 51.3 Å². The Morgan fingerprint density at radius 2 is 1.93 bits per heavy atom. The summed E-state index contributed by atoms with van der Waals surface area (Å²) in [6, 6.07) is 14.9. The highest BCUT2D eigenvalue weighted by molar-refractivity contribution is 8.00. The zero-order chi connectivity index (χ0) is 29.0. The van der Waals surface area contributed by atoms with E-state index in [-0.39, 0.29) is 22.9 Å². The van der Waals surface area contributed by atoms with E-state index >= 15 is 0 Å². The third kappa shape index (κ3) is 6.72. The van der Waals surface area contributed by atoms with E-state index in [0.29, 0.717) is 34.2 Å². The summed E-state index contributed by atoms with van der Waals surface area (Å²) in [4.78, 5) is 38.3. The van der Waals surface area contributed by atoms with Crippen molar-refractivity contribution in [1.82, 2.24) is 0 Å². The number of nitrogens with zero attached hydrogens (tertiary/aromatic N) is 2. The van der Waals surface area contributed by atoms with E-state index in [1.54, 1.807) is 18.2 Å². The number of amides is 2. The summed E-state index contributed by atoms with van der Waals surface area (Å²) >= 11 is 2.92. The van der Waals surface area contributed by atoms with Gasteiger partial charge in [-0.05, 0) is 72.9 Å². The second-order valence-electron chi connectivity index (χ2n) is 10.9. The molecule has 1 aliphatic rings. The number of nitrogens with one attached hydrogen (secondary N) is 2. The molecule has 2 amide bonds. The Hall–Kier alpha value is -3.68. The van der Waals surface area contributed by atoms with Crippen LogP contribution in [0.2, 0.25) is 0 Å². The molecule has 2 unspecified atom stereocenters. The smallest absolute Gasteiger partial charge is 0.269 e. The maximum atomic E-state index is 13.3. The number of nitro groups is 1. The Morgan fingerprint density at radius 1 is 1.20 bits per heavy atom. The lowest BCUT2D eigenvalue weighted by atomic mass is 9.72. The first-order chi connectivity index (χ1) is 19.0. The number of carbonyl (C=O) groups excluding carboxylic acids is 2. The summed E-state index contributed by atoms with van der Waals surface area (Å²) in [6.45, 7) is 8.70. The van der Waals surface area contributed by atoms with Crippen LogP contribution in [0.1, 0.15) is 66.9 Å². The number of fused-ring (bicyclic) bond motifs is 1. The van der Waals surface area contributed by atoms with Gasteiger partial charge in [0.2, 0.25) is 5.91 Å². The Bertz CT molecular complexity index is 1470. The van der Waals surface area contributed by atoms with E-state index in [2.05, 4.69) is 37.5 Å². The molecule has 40 heavy (non-hydrogen) atoms. The molecule has 208 valence electrons. The van der Waals surface area contributed by atoms with Crippen molar-refractivity contribution in [2.45, 2.75) is 63.5 Å². The number of non-ortho nitro benzene ring substituents is 1. The summed E-state index contributed by atoms with van der Waals surface area (Å²) in [6.07, 6.45) is 3.41. The van der Waals surface area contributed by atoms with Crippen molar-refractivity contribution in [3.8, 4) is 6.07 Å². The van der Waals surface area contributed by atoms with E-state index in [1.807, 2.05) is 13.0 Å². The van der Waals surface area contributed by atoms with Crippen LogP contribution in [0.4, 0.5) is 16.4 Å². The molecule has 8 nitrogen and oxygen atoms in total. The van der Waals surface area contributed by atoms with Crippen LogP contribution in [0.15, 0.2) is 53.4 Å². The molecule has 0 spiro atoms. The first kappa shape index (κ1) is 29.3. The van der Waals surface area contributed by atoms with Crippen molar-refractivity contribution in [2.24, 2.45) is 11.3 Å². The molecular weight excluding hydrogens is 544 g/mol. The van der Waals surface area contributed by atoms with E-state index in [1.165, 1.54) is 52.2 Å². The number of hydrogen-bond acceptors (Lipinski definition) is 7. The third-order valence-electron chi connectivity index (χ3n) is 7.21. The molecule has 1 heterocycles. The predicted octanol–water partition coefficient (Wildman–Crippen LogP) is 7.44. The lowest BCUT2D eigenvalue weighted by Gasteiger charge is -2.33. The van der Waals surface area contributed by atoms with Gasteiger partial charge in [-0.25, -0.2) is 0 Å². The van der Waals surface area contributed by atoms with Crippen molar-refractivity contribution in [2.75, 3.05) is 10.6 Å². The Labute approximate surface area is 242 Å². The molecule has 0 radical (unpaired) electrons. The molecule has 0 bridgehead atoms. The third-order valence-corrected chi connectivity index (χ3v) is 9.74. The lowest BCUT2D eigenvalue weighted by molar-refractivity contribution is -0.384. The molecule has 0 saturated heterocycles. The average Bonchev–Trinajstić information content (AvgIpc) is 3.27. The minimum Gasteiger partial charge on any atom is -0.322 e. The number of thioether (sulfide) groups is 1. The van der Waals surface area contributed by atoms with Crippen LogP contribution in [0.5, 0.6) is 0 Å². The van der Waals surface area contributed by atoms with Gasteiger partial charge in [0.05, 0.1) is 15.7 Å². The molecule has 2 atom stereocenters. The van der Waals surface area contributed by atoms with Gasteiger partial charge in [0.15, 0.2) is 0 Å². The number of hydrogen-bond donors (Lipinski definition) is 2. The number of carbonyl (C=O) groups is 2. The molecule has 1 aromatic heterocycles. The number of nitro benzene ring substituents is 1. The predicted molar refractivity (Wildman–Crippen MR) is 160 cm³/mol. The van der Waals surface area contributed by atoms with Gasteiger partial charge in [-0.1, -0.05) is 33.8 Å². The van der Waals surface area contributed by atoms with Gasteiger partial charge in [-0.3, -0.25) is 19.7 Å². The van der Waals surface area contributed by atoms with Gasteiger partial charge in [0, 0.05) is 33.2 Å². The molecule has 3 aromatic rings. The van der Waals surface area contributed by atoms with Gasteiger partial charge in [-0.2, -0.15) is 5.26 Å². The van der Waals surface area contributed by atoms with E-state index in [0.717, 1.165) is 29.7 Å². The van der Waals surface area contributed by atoms with Gasteiger partial charge in [-0.15, -0.1) is 23.1 Å². The van der Waals surface area contributed by atoms with E-state index < -0.39 is 10.2 Å². The van der Waals surface area contributed by atoms with Crippen LogP contribution in [-0.2, 0) is 17.6 Å². The molecule has 0 saturated carbocycles. The van der Waals surface area contributed by atoms with Crippen LogP contribution < -0.4 is 10.6 Å². The summed E-state index contributed by atoms with van der Waals surface area (Å²) in [5, 5.41) is 26.8. The van der Waals surface area contributed by atoms with Crippen LogP contribution in [0.3, 0.4) is 0 Å². The minimum absolute atomic E-state index is 0.0856. The van der Waals surface area contributed by atoms with Gasteiger partial charge in [0.1, 0.15) is 11.1 Å². The number of thiophene rings is 1. The largest absolute Gasteiger partial charge is 0.322 e. The van der Waals surface area contributed by atoms with E-state index in [4.69, 9.17) is 0 Å². The number of anilines is 2. The molecular formula is C30H32N4O4S2. The average molecular weight is 577 g/mol. The van der Waals surface area contributed by atoms with Crippen LogP contribution >= 0.6 is 23.1 Å². The molecule has 0 fully saturated rings. The fourth-order valence-electron chi connectivity index (χ4n) is 4.80. The fourth-order valence-corrected chi connectivity index (χ4v) is 7.09. The van der Waals surface area contributed by atoms with Crippen molar-refractivity contribution < 1.29 is 14.5 Å². The molecule has 2 aromatic carbocycles. The maximum absolute atomic E-state index is 13.3. The Balaban J connectivity index is 1.43. The number of nitriles is 1. The zero-order valence-electron chi connectivity index (χ0n) is 22.9. The monoisotopic (exact) mass is 576 g/mol. The molecule has 2 N–H and O–H groups in total. The Morgan fingerprint density at radius 3 is 2.55 bits per heavy atom. The summed E-state index contributed by atoms with van der Waals surface area (Å²) in [7, 11) is 0. The van der Waals surface area contributed by atoms with Crippen LogP contribution in [-0.4, -0.2) is 22.0 Å². The minimum atomic E-state index is -0.515. The Kier molecular flexibility index (Phi) is 8.96. The quantitative estimate of drug-likeness (QED) is 0.163. The SMILES string of the molecule is CCC(Sc1cccc(NC(=O)c2ccc([N+](=O)[O-])cc2)c1)C(=O)Nc1sc2c(c1C#N)CCC(C(C)(C)C)C2. The molecule has 4 rings (SSSR count). The normalized spacial score (nSPS) is 15.4. The van der Waals surface area contributed by atoms with Gasteiger partial charge >= 0.3 is 0 Å². The first-order valence-corrected chi connectivity index (χ1v) is 14.9. The van der Waals surface area contributed by atoms with Crippen LogP contribution in [0.25, 0.3) is 0 Å². The molecule has 1 aliphatic carbocycles. The second-order valence-corrected chi connectivity index (χ2v) is 13.3. The van der Waals surface area contributed by atoms with Crippen LogP contribution in [0, 0.1) is 32.8 Å². The standard InChI is InChI=1S/C30H32N4O4S2/c1-5-25(28(36)33-29-24(17-31)23-14-11-19(30(2,3)4)15-26(23)40-29)39-22-8-6-7-20(16-22)32-27(35)18-9-12-21(13-10-18)34(37)38/h6-10,12-13,16,19,25H,5,11,14-15H2,1-4H3,(H,32,35)(H,33,36). The topological polar surface area (TPSA) is 125 Å². The van der Waals surface area contributed by atoms with Crippen molar-refractivity contribution in [1.29, 1.82) is 5.26 Å².